The van der Waals surface area contributed by atoms with Crippen LogP contribution in [0.4, 0.5) is 5.69 Å². The van der Waals surface area contributed by atoms with Gasteiger partial charge in [0.2, 0.25) is 5.91 Å². The average Bonchev–Trinajstić information content (AvgIpc) is 3.44. The number of imidazole rings is 1. The number of carbonyl (C=O) groups excluding carboxylic acids is 1. The molecule has 2 aromatic carbocycles. The van der Waals surface area contributed by atoms with Crippen LogP contribution in [0.15, 0.2) is 91.8 Å². The zero-order chi connectivity index (χ0) is 19.9. The Kier molecular flexibility index (Phi) is 5.71. The van der Waals surface area contributed by atoms with E-state index in [0.717, 1.165) is 11.3 Å². The SMILES string of the molecule is O=C(Cc1ccc(-n2cccc2)cc1)Nc1ccccc1OCCn1ccnc1. The summed E-state index contributed by atoms with van der Waals surface area (Å²) in [4.78, 5) is 16.5. The lowest BCUT2D eigenvalue weighted by Crippen LogP contribution is -2.16. The predicted octanol–water partition coefficient (Wildman–Crippen LogP) is 3.93. The summed E-state index contributed by atoms with van der Waals surface area (Å²) in [6.45, 7) is 1.18. The number of anilines is 1. The van der Waals surface area contributed by atoms with Crippen molar-refractivity contribution >= 4 is 11.6 Å². The van der Waals surface area contributed by atoms with Gasteiger partial charge >= 0.3 is 0 Å². The molecule has 146 valence electrons. The van der Waals surface area contributed by atoms with Crippen LogP contribution in [0.5, 0.6) is 5.75 Å². The first kappa shape index (κ1) is 18.6. The van der Waals surface area contributed by atoms with Crippen LogP contribution in [0.1, 0.15) is 5.56 Å². The van der Waals surface area contributed by atoms with Crippen LogP contribution in [-0.2, 0) is 17.8 Å². The van der Waals surface area contributed by atoms with Gasteiger partial charge in [-0.2, -0.15) is 0 Å². The van der Waals surface area contributed by atoms with E-state index in [1.807, 2.05) is 88.4 Å². The molecule has 0 unspecified atom stereocenters. The third-order valence-electron chi connectivity index (χ3n) is 4.53. The number of nitrogens with one attached hydrogen (secondary N) is 1. The molecule has 2 aromatic heterocycles. The van der Waals surface area contributed by atoms with Crippen LogP contribution < -0.4 is 10.1 Å². The molecule has 0 aliphatic heterocycles. The summed E-state index contributed by atoms with van der Waals surface area (Å²) in [5, 5.41) is 2.96. The van der Waals surface area contributed by atoms with Crippen LogP contribution in [0.3, 0.4) is 0 Å². The van der Waals surface area contributed by atoms with Crippen molar-refractivity contribution in [1.82, 2.24) is 14.1 Å². The molecule has 6 heteroatoms. The van der Waals surface area contributed by atoms with Crippen LogP contribution >= 0.6 is 0 Å². The Balaban J connectivity index is 1.34. The molecule has 0 saturated carbocycles. The van der Waals surface area contributed by atoms with Gasteiger partial charge in [0.05, 0.1) is 25.0 Å². The Bertz CT molecular complexity index is 1040. The third kappa shape index (κ3) is 4.93. The normalized spacial score (nSPS) is 10.6. The van der Waals surface area contributed by atoms with Crippen molar-refractivity contribution in [3.63, 3.8) is 0 Å². The summed E-state index contributed by atoms with van der Waals surface area (Å²) in [7, 11) is 0. The fraction of sp³-hybridized carbons (Fsp3) is 0.130. The number of hydrogen-bond donors (Lipinski definition) is 1. The summed E-state index contributed by atoms with van der Waals surface area (Å²) in [5.74, 6) is 0.577. The van der Waals surface area contributed by atoms with Gasteiger partial charge in [0.25, 0.3) is 0 Å². The van der Waals surface area contributed by atoms with Crippen molar-refractivity contribution in [2.75, 3.05) is 11.9 Å². The highest BCUT2D eigenvalue weighted by Gasteiger charge is 2.09. The topological polar surface area (TPSA) is 61.1 Å². The highest BCUT2D eigenvalue weighted by Crippen LogP contribution is 2.24. The highest BCUT2D eigenvalue weighted by atomic mass is 16.5. The second-order valence-corrected chi connectivity index (χ2v) is 6.63. The van der Waals surface area contributed by atoms with Gasteiger partial charge in [-0.1, -0.05) is 24.3 Å². The summed E-state index contributed by atoms with van der Waals surface area (Å²) < 4.78 is 9.82. The minimum Gasteiger partial charge on any atom is -0.490 e. The van der Waals surface area contributed by atoms with Gasteiger partial charge < -0.3 is 19.2 Å². The summed E-state index contributed by atoms with van der Waals surface area (Å²) in [5.41, 5.74) is 2.69. The fourth-order valence-electron chi connectivity index (χ4n) is 3.05. The lowest BCUT2D eigenvalue weighted by Gasteiger charge is -2.13. The quantitative estimate of drug-likeness (QED) is 0.499. The molecular formula is C23H22N4O2. The molecule has 4 rings (SSSR count). The molecule has 0 spiro atoms. The van der Waals surface area contributed by atoms with E-state index < -0.39 is 0 Å². The smallest absolute Gasteiger partial charge is 0.228 e. The Hall–Kier alpha value is -3.80. The molecule has 1 N–H and O–H groups in total. The van der Waals surface area contributed by atoms with Gasteiger partial charge in [-0.3, -0.25) is 4.79 Å². The van der Waals surface area contributed by atoms with Crippen molar-refractivity contribution < 1.29 is 9.53 Å². The minimum absolute atomic E-state index is 0.0793. The van der Waals surface area contributed by atoms with Crippen LogP contribution in [0, 0.1) is 0 Å². The molecule has 0 bridgehead atoms. The number of rotatable bonds is 8. The molecule has 0 atom stereocenters. The molecule has 0 radical (unpaired) electrons. The van der Waals surface area contributed by atoms with Crippen molar-refractivity contribution in [2.45, 2.75) is 13.0 Å². The maximum absolute atomic E-state index is 12.5. The number of carbonyl (C=O) groups is 1. The number of nitrogens with zero attached hydrogens (tertiary/aromatic N) is 3. The molecule has 0 fully saturated rings. The maximum atomic E-state index is 12.5. The van der Waals surface area contributed by atoms with Crippen molar-refractivity contribution in [2.24, 2.45) is 0 Å². The van der Waals surface area contributed by atoms with Gasteiger partial charge in [-0.05, 0) is 42.0 Å². The standard InChI is InChI=1S/C23H22N4O2/c28-23(17-19-7-9-20(10-8-19)27-12-3-4-13-27)25-21-5-1-2-6-22(21)29-16-15-26-14-11-24-18-26/h1-14,18H,15-17H2,(H,25,28). The third-order valence-corrected chi connectivity index (χ3v) is 4.53. The number of ether oxygens (including phenoxy) is 1. The molecule has 0 aliphatic rings. The van der Waals surface area contributed by atoms with Crippen molar-refractivity contribution in [1.29, 1.82) is 0 Å². The van der Waals surface area contributed by atoms with E-state index in [-0.39, 0.29) is 5.91 Å². The Labute approximate surface area is 169 Å². The zero-order valence-corrected chi connectivity index (χ0v) is 15.9. The molecular weight excluding hydrogens is 364 g/mol. The van der Waals surface area contributed by atoms with Crippen LogP contribution in [0.25, 0.3) is 5.69 Å². The second kappa shape index (κ2) is 8.93. The maximum Gasteiger partial charge on any atom is 0.228 e. The van der Waals surface area contributed by atoms with Gasteiger partial charge in [0, 0.05) is 30.5 Å². The highest BCUT2D eigenvalue weighted by molar-refractivity contribution is 5.93. The van der Waals surface area contributed by atoms with E-state index in [0.29, 0.717) is 31.0 Å². The van der Waals surface area contributed by atoms with E-state index in [1.165, 1.54) is 0 Å². The van der Waals surface area contributed by atoms with E-state index in [1.54, 1.807) is 12.5 Å². The summed E-state index contributed by atoms with van der Waals surface area (Å²) in [6, 6.07) is 19.4. The number of benzene rings is 2. The predicted molar refractivity (Wildman–Crippen MR) is 112 cm³/mol. The Morgan fingerprint density at radius 2 is 1.76 bits per heavy atom. The number of para-hydroxylation sites is 2. The minimum atomic E-state index is -0.0793. The monoisotopic (exact) mass is 386 g/mol. The molecule has 29 heavy (non-hydrogen) atoms. The van der Waals surface area contributed by atoms with E-state index in [9.17, 15) is 4.79 Å². The second-order valence-electron chi connectivity index (χ2n) is 6.63. The first-order valence-corrected chi connectivity index (χ1v) is 9.48. The lowest BCUT2D eigenvalue weighted by atomic mass is 10.1. The summed E-state index contributed by atoms with van der Waals surface area (Å²) >= 11 is 0. The van der Waals surface area contributed by atoms with E-state index in [2.05, 4.69) is 10.3 Å². The van der Waals surface area contributed by atoms with Crippen LogP contribution in [0.2, 0.25) is 0 Å². The number of aromatic nitrogens is 3. The van der Waals surface area contributed by atoms with Gasteiger partial charge in [-0.15, -0.1) is 0 Å². The fourth-order valence-corrected chi connectivity index (χ4v) is 3.05. The summed E-state index contributed by atoms with van der Waals surface area (Å²) in [6.07, 6.45) is 9.66. The number of amides is 1. The van der Waals surface area contributed by atoms with Crippen LogP contribution in [-0.4, -0.2) is 26.6 Å². The van der Waals surface area contributed by atoms with E-state index >= 15 is 0 Å². The molecule has 2 heterocycles. The first-order chi connectivity index (χ1) is 14.3. The average molecular weight is 386 g/mol. The van der Waals surface area contributed by atoms with E-state index in [4.69, 9.17) is 4.74 Å². The molecule has 1 amide bonds. The van der Waals surface area contributed by atoms with Crippen molar-refractivity contribution in [3.05, 3.63) is 97.3 Å². The van der Waals surface area contributed by atoms with Gasteiger partial charge in [0.1, 0.15) is 12.4 Å². The van der Waals surface area contributed by atoms with Crippen molar-refractivity contribution in [3.8, 4) is 11.4 Å². The molecule has 4 aromatic rings. The largest absolute Gasteiger partial charge is 0.490 e. The number of hydrogen-bond acceptors (Lipinski definition) is 3. The lowest BCUT2D eigenvalue weighted by molar-refractivity contribution is -0.115. The first-order valence-electron chi connectivity index (χ1n) is 9.48. The Morgan fingerprint density at radius 3 is 2.52 bits per heavy atom. The van der Waals surface area contributed by atoms with Gasteiger partial charge in [-0.25, -0.2) is 4.98 Å². The molecule has 0 saturated heterocycles. The van der Waals surface area contributed by atoms with Gasteiger partial charge in [0.15, 0.2) is 0 Å². The molecule has 6 nitrogen and oxygen atoms in total. The zero-order valence-electron chi connectivity index (χ0n) is 15.9. The molecule has 0 aliphatic carbocycles. The Morgan fingerprint density at radius 1 is 0.966 bits per heavy atom.